The molecule has 20 heavy (non-hydrogen) atoms. The molecule has 1 rings (SSSR count). The fourth-order valence-electron chi connectivity index (χ4n) is 3.05. The Morgan fingerprint density at radius 1 is 1.05 bits per heavy atom. The molecular formula is C15H26N2O3. The molecule has 0 unspecified atom stereocenters. The standard InChI is InChI=1S/C15H26N2O3/c1-9(10(2)13(19)20)12(18)16-11-7-14(3,4)17-15(5,6)8-11/h11,17H,7-8H2,1-6H3,(H,16,18)(H,19,20). The Hall–Kier alpha value is -1.36. The number of amides is 1. The maximum Gasteiger partial charge on any atom is 0.331 e. The number of carboxylic acid groups (broad SMARTS) is 1. The lowest BCUT2D eigenvalue weighted by Gasteiger charge is -2.46. The van der Waals surface area contributed by atoms with Crippen molar-refractivity contribution in [3.63, 3.8) is 0 Å². The number of piperidine rings is 1. The SMILES string of the molecule is CC(C(=O)O)=C(C)C(=O)NC1CC(C)(C)NC(C)(C)C1. The van der Waals surface area contributed by atoms with Crippen LogP contribution in [0.4, 0.5) is 0 Å². The Morgan fingerprint density at radius 2 is 1.50 bits per heavy atom. The van der Waals surface area contributed by atoms with Gasteiger partial charge < -0.3 is 15.7 Å². The van der Waals surface area contributed by atoms with E-state index in [1.807, 2.05) is 0 Å². The van der Waals surface area contributed by atoms with E-state index >= 15 is 0 Å². The molecule has 0 radical (unpaired) electrons. The van der Waals surface area contributed by atoms with E-state index in [1.54, 1.807) is 6.92 Å². The lowest BCUT2D eigenvalue weighted by molar-refractivity contribution is -0.133. The Labute approximate surface area is 120 Å². The zero-order valence-corrected chi connectivity index (χ0v) is 13.3. The summed E-state index contributed by atoms with van der Waals surface area (Å²) in [5, 5.41) is 15.4. The highest BCUT2D eigenvalue weighted by molar-refractivity contribution is 6.01. The molecule has 1 aliphatic rings. The van der Waals surface area contributed by atoms with E-state index in [2.05, 4.69) is 38.3 Å². The van der Waals surface area contributed by atoms with Gasteiger partial charge >= 0.3 is 5.97 Å². The Kier molecular flexibility index (Phi) is 4.64. The van der Waals surface area contributed by atoms with Crippen LogP contribution in [0, 0.1) is 0 Å². The van der Waals surface area contributed by atoms with Gasteiger partial charge in [-0.1, -0.05) is 0 Å². The van der Waals surface area contributed by atoms with Crippen molar-refractivity contribution < 1.29 is 14.7 Å². The van der Waals surface area contributed by atoms with Gasteiger partial charge in [0.15, 0.2) is 0 Å². The van der Waals surface area contributed by atoms with E-state index < -0.39 is 5.97 Å². The van der Waals surface area contributed by atoms with Crippen molar-refractivity contribution >= 4 is 11.9 Å². The summed E-state index contributed by atoms with van der Waals surface area (Å²) in [6.07, 6.45) is 1.64. The van der Waals surface area contributed by atoms with E-state index in [9.17, 15) is 9.59 Å². The summed E-state index contributed by atoms with van der Waals surface area (Å²) in [4.78, 5) is 23.0. The number of hydrogen-bond donors (Lipinski definition) is 3. The Balaban J connectivity index is 2.81. The van der Waals surface area contributed by atoms with Crippen molar-refractivity contribution in [2.75, 3.05) is 0 Å². The van der Waals surface area contributed by atoms with Crippen LogP contribution in [-0.2, 0) is 9.59 Å². The Morgan fingerprint density at radius 3 is 1.90 bits per heavy atom. The predicted octanol–water partition coefficient (Wildman–Crippen LogP) is 1.83. The number of rotatable bonds is 3. The van der Waals surface area contributed by atoms with Crippen LogP contribution in [0.2, 0.25) is 0 Å². The van der Waals surface area contributed by atoms with Crippen LogP contribution in [0.15, 0.2) is 11.1 Å². The summed E-state index contributed by atoms with van der Waals surface area (Å²) >= 11 is 0. The first-order valence-corrected chi connectivity index (χ1v) is 6.94. The molecule has 1 fully saturated rings. The number of nitrogens with one attached hydrogen (secondary N) is 2. The Bertz CT molecular complexity index is 434. The van der Waals surface area contributed by atoms with E-state index in [0.717, 1.165) is 12.8 Å². The molecule has 0 aromatic heterocycles. The second-order valence-corrected chi connectivity index (χ2v) is 7.03. The summed E-state index contributed by atoms with van der Waals surface area (Å²) in [6, 6.07) is 0.0466. The number of hydrogen-bond acceptors (Lipinski definition) is 3. The van der Waals surface area contributed by atoms with Gasteiger partial charge in [-0.2, -0.15) is 0 Å². The number of carbonyl (C=O) groups is 2. The molecule has 0 aromatic rings. The highest BCUT2D eigenvalue weighted by Crippen LogP contribution is 2.28. The van der Waals surface area contributed by atoms with Crippen LogP contribution in [0.5, 0.6) is 0 Å². The summed E-state index contributed by atoms with van der Waals surface area (Å²) in [6.45, 7) is 11.4. The topological polar surface area (TPSA) is 78.4 Å². The third kappa shape index (κ3) is 4.34. The fraction of sp³-hybridized carbons (Fsp3) is 0.733. The van der Waals surface area contributed by atoms with Gasteiger partial charge in [0.1, 0.15) is 0 Å². The summed E-state index contributed by atoms with van der Waals surface area (Å²) in [5.41, 5.74) is 0.250. The van der Waals surface area contributed by atoms with E-state index in [0.29, 0.717) is 0 Å². The number of carboxylic acids is 1. The quantitative estimate of drug-likeness (QED) is 0.690. The minimum absolute atomic E-state index is 0.0466. The van der Waals surface area contributed by atoms with Crippen molar-refractivity contribution in [2.24, 2.45) is 0 Å². The van der Waals surface area contributed by atoms with Crippen molar-refractivity contribution in [3.05, 3.63) is 11.1 Å². The van der Waals surface area contributed by atoms with Gasteiger partial charge in [0.2, 0.25) is 5.91 Å². The molecule has 1 amide bonds. The van der Waals surface area contributed by atoms with Crippen molar-refractivity contribution in [1.29, 1.82) is 0 Å². The zero-order valence-electron chi connectivity index (χ0n) is 13.3. The van der Waals surface area contributed by atoms with Crippen molar-refractivity contribution in [3.8, 4) is 0 Å². The molecule has 0 bridgehead atoms. The van der Waals surface area contributed by atoms with E-state index in [-0.39, 0.29) is 34.2 Å². The third-order valence-electron chi connectivity index (χ3n) is 3.75. The van der Waals surface area contributed by atoms with Gasteiger partial charge in [-0.3, -0.25) is 4.79 Å². The molecule has 0 aromatic carbocycles. The highest BCUT2D eigenvalue weighted by atomic mass is 16.4. The monoisotopic (exact) mass is 282 g/mol. The molecule has 5 nitrogen and oxygen atoms in total. The molecule has 1 aliphatic heterocycles. The average Bonchev–Trinajstić information content (AvgIpc) is 2.22. The van der Waals surface area contributed by atoms with Crippen LogP contribution in [-0.4, -0.2) is 34.1 Å². The average molecular weight is 282 g/mol. The molecule has 114 valence electrons. The van der Waals surface area contributed by atoms with Gasteiger partial charge in [-0.15, -0.1) is 0 Å². The smallest absolute Gasteiger partial charge is 0.331 e. The highest BCUT2D eigenvalue weighted by Gasteiger charge is 2.38. The second-order valence-electron chi connectivity index (χ2n) is 7.03. The number of aliphatic carboxylic acids is 1. The van der Waals surface area contributed by atoms with Crippen molar-refractivity contribution in [1.82, 2.24) is 10.6 Å². The molecule has 1 saturated heterocycles. The molecule has 0 aliphatic carbocycles. The largest absolute Gasteiger partial charge is 0.478 e. The number of carbonyl (C=O) groups excluding carboxylic acids is 1. The molecule has 3 N–H and O–H groups in total. The molecule has 0 saturated carbocycles. The predicted molar refractivity (Wildman–Crippen MR) is 78.5 cm³/mol. The third-order valence-corrected chi connectivity index (χ3v) is 3.75. The van der Waals surface area contributed by atoms with Crippen LogP contribution < -0.4 is 10.6 Å². The van der Waals surface area contributed by atoms with Gasteiger partial charge in [0.05, 0.1) is 0 Å². The maximum atomic E-state index is 12.1. The van der Waals surface area contributed by atoms with Gasteiger partial charge in [0, 0.05) is 28.3 Å². The van der Waals surface area contributed by atoms with Gasteiger partial charge in [-0.05, 0) is 54.4 Å². The molecule has 0 atom stereocenters. The summed E-state index contributed by atoms with van der Waals surface area (Å²) < 4.78 is 0. The first kappa shape index (κ1) is 16.7. The molecular weight excluding hydrogens is 256 g/mol. The van der Waals surface area contributed by atoms with Crippen molar-refractivity contribution in [2.45, 2.75) is 71.5 Å². The van der Waals surface area contributed by atoms with Crippen LogP contribution >= 0.6 is 0 Å². The molecule has 5 heteroatoms. The normalized spacial score (nSPS) is 22.9. The second kappa shape index (κ2) is 5.56. The molecule has 1 heterocycles. The minimum Gasteiger partial charge on any atom is -0.478 e. The van der Waals surface area contributed by atoms with E-state index in [1.165, 1.54) is 6.92 Å². The lowest BCUT2D eigenvalue weighted by Crippen LogP contribution is -2.62. The summed E-state index contributed by atoms with van der Waals surface area (Å²) in [5.74, 6) is -1.34. The van der Waals surface area contributed by atoms with E-state index in [4.69, 9.17) is 5.11 Å². The van der Waals surface area contributed by atoms with Gasteiger partial charge in [-0.25, -0.2) is 4.79 Å². The minimum atomic E-state index is -1.05. The first-order chi connectivity index (χ1) is 8.93. The maximum absolute atomic E-state index is 12.1. The summed E-state index contributed by atoms with van der Waals surface area (Å²) in [7, 11) is 0. The van der Waals surface area contributed by atoms with Crippen LogP contribution in [0.25, 0.3) is 0 Å². The lowest BCUT2D eigenvalue weighted by atomic mass is 9.79. The molecule has 0 spiro atoms. The van der Waals surface area contributed by atoms with Crippen LogP contribution in [0.1, 0.15) is 54.4 Å². The first-order valence-electron chi connectivity index (χ1n) is 6.94. The van der Waals surface area contributed by atoms with Crippen LogP contribution in [0.3, 0.4) is 0 Å². The van der Waals surface area contributed by atoms with Gasteiger partial charge in [0.25, 0.3) is 0 Å². The fourth-order valence-corrected chi connectivity index (χ4v) is 3.05. The zero-order chi connectivity index (χ0) is 15.7.